The molecule has 9 heteroatoms. The van der Waals surface area contributed by atoms with E-state index in [1.54, 1.807) is 11.8 Å². The van der Waals surface area contributed by atoms with E-state index in [2.05, 4.69) is 10.9 Å². The number of rotatable bonds is 2. The lowest BCUT2D eigenvalue weighted by molar-refractivity contribution is 0.0666. The van der Waals surface area contributed by atoms with Gasteiger partial charge >= 0.3 is 0 Å². The molecule has 0 spiro atoms. The summed E-state index contributed by atoms with van der Waals surface area (Å²) in [4.78, 5) is 27.3. The third-order valence-corrected chi connectivity index (χ3v) is 5.44. The number of fused-ring (bicyclic) bond motifs is 2. The van der Waals surface area contributed by atoms with Crippen molar-refractivity contribution >= 4 is 16.8 Å². The average molecular weight is 380 g/mol. The molecule has 2 unspecified atom stereocenters. The molecule has 1 amide bonds. The first-order valence-electron chi connectivity index (χ1n) is 8.90. The Hall–Kier alpha value is -2.39. The zero-order chi connectivity index (χ0) is 19.3. The Morgan fingerprint density at radius 1 is 1.30 bits per heavy atom. The van der Waals surface area contributed by atoms with Crippen LogP contribution in [0.2, 0.25) is 0 Å². The Labute approximate surface area is 152 Å². The zero-order valence-corrected chi connectivity index (χ0v) is 14.7. The Morgan fingerprint density at radius 2 is 2.07 bits per heavy atom. The number of hydrazine groups is 1. The van der Waals surface area contributed by atoms with Gasteiger partial charge in [0.05, 0.1) is 10.9 Å². The maximum absolute atomic E-state index is 14.2. The van der Waals surface area contributed by atoms with Gasteiger partial charge in [-0.1, -0.05) is 0 Å². The molecule has 2 saturated heterocycles. The molecule has 2 aromatic rings. The summed E-state index contributed by atoms with van der Waals surface area (Å²) >= 11 is 0. The van der Waals surface area contributed by atoms with Crippen LogP contribution in [0.3, 0.4) is 0 Å². The first-order chi connectivity index (χ1) is 12.9. The van der Waals surface area contributed by atoms with Crippen molar-refractivity contribution in [2.24, 2.45) is 5.92 Å². The van der Waals surface area contributed by atoms with E-state index in [1.165, 1.54) is 10.8 Å². The minimum atomic E-state index is -1.63. The van der Waals surface area contributed by atoms with Crippen molar-refractivity contribution < 1.29 is 18.0 Å². The monoisotopic (exact) mass is 380 g/mol. The van der Waals surface area contributed by atoms with Crippen molar-refractivity contribution in [1.82, 2.24) is 20.3 Å². The fraction of sp³-hybridized carbons (Fsp3) is 0.444. The van der Waals surface area contributed by atoms with Crippen LogP contribution in [0.4, 0.5) is 13.2 Å². The number of nitrogens with one attached hydrogen (secondary N) is 2. The van der Waals surface area contributed by atoms with Gasteiger partial charge in [-0.15, -0.1) is 0 Å². The molecule has 27 heavy (non-hydrogen) atoms. The van der Waals surface area contributed by atoms with Crippen LogP contribution in [-0.2, 0) is 6.54 Å². The van der Waals surface area contributed by atoms with Crippen molar-refractivity contribution in [3.05, 3.63) is 45.5 Å². The van der Waals surface area contributed by atoms with Crippen LogP contribution in [0, 0.1) is 23.4 Å². The molecule has 2 fully saturated rings. The highest BCUT2D eigenvalue weighted by Gasteiger charge is 2.35. The molecule has 6 nitrogen and oxygen atoms in total. The lowest BCUT2D eigenvalue weighted by atomic mass is 9.94. The predicted octanol–water partition coefficient (Wildman–Crippen LogP) is 1.38. The van der Waals surface area contributed by atoms with Crippen molar-refractivity contribution in [2.45, 2.75) is 25.9 Å². The number of halogens is 3. The summed E-state index contributed by atoms with van der Waals surface area (Å²) in [5, 5.41) is -0.335. The maximum atomic E-state index is 14.2. The lowest BCUT2D eigenvalue weighted by Gasteiger charge is -2.34. The number of nitrogens with zero attached hydrogens (tertiary/aromatic N) is 2. The second-order valence-corrected chi connectivity index (χ2v) is 6.97. The Bertz CT molecular complexity index is 991. The van der Waals surface area contributed by atoms with Gasteiger partial charge < -0.3 is 9.47 Å². The molecular weight excluding hydrogens is 361 g/mol. The van der Waals surface area contributed by atoms with Gasteiger partial charge in [0.25, 0.3) is 5.91 Å². The van der Waals surface area contributed by atoms with Gasteiger partial charge in [0, 0.05) is 44.3 Å². The fourth-order valence-electron chi connectivity index (χ4n) is 3.97. The third-order valence-electron chi connectivity index (χ3n) is 5.44. The van der Waals surface area contributed by atoms with E-state index >= 15 is 0 Å². The zero-order valence-electron chi connectivity index (χ0n) is 14.7. The molecule has 2 N–H and O–H groups in total. The smallest absolute Gasteiger partial charge is 0.259 e. The average Bonchev–Trinajstić information content (AvgIpc) is 3.14. The summed E-state index contributed by atoms with van der Waals surface area (Å²) in [6.45, 7) is 3.54. The number of amides is 1. The summed E-state index contributed by atoms with van der Waals surface area (Å²) < 4.78 is 42.8. The van der Waals surface area contributed by atoms with E-state index in [-0.39, 0.29) is 35.0 Å². The van der Waals surface area contributed by atoms with Crippen LogP contribution >= 0.6 is 0 Å². The van der Waals surface area contributed by atoms with Crippen LogP contribution in [-0.4, -0.2) is 41.1 Å². The Morgan fingerprint density at radius 3 is 2.81 bits per heavy atom. The van der Waals surface area contributed by atoms with Crippen molar-refractivity contribution in [3.8, 4) is 0 Å². The number of benzene rings is 1. The molecule has 0 bridgehead atoms. The summed E-state index contributed by atoms with van der Waals surface area (Å²) in [7, 11) is 0. The minimum Gasteiger partial charge on any atom is -0.344 e. The highest BCUT2D eigenvalue weighted by molar-refractivity contribution is 5.97. The molecule has 1 aromatic carbocycles. The topological polar surface area (TPSA) is 66.4 Å². The van der Waals surface area contributed by atoms with Gasteiger partial charge in [-0.3, -0.25) is 20.4 Å². The number of aryl methyl sites for hydroxylation is 1. The van der Waals surface area contributed by atoms with Crippen LogP contribution in [0.1, 0.15) is 23.7 Å². The SMILES string of the molecule is CCn1cc(C(=O)N2CCC3NNCC3C2)c(=O)c2cc(F)c(F)c(F)c21. The molecule has 144 valence electrons. The molecule has 3 heterocycles. The number of hydrogen-bond acceptors (Lipinski definition) is 4. The van der Waals surface area contributed by atoms with Crippen LogP contribution < -0.4 is 16.3 Å². The normalized spacial score (nSPS) is 22.3. The largest absolute Gasteiger partial charge is 0.344 e. The summed E-state index contributed by atoms with van der Waals surface area (Å²) in [6, 6.07) is 0.944. The molecule has 1 aromatic heterocycles. The number of pyridine rings is 1. The molecule has 2 atom stereocenters. The molecule has 4 rings (SSSR count). The molecule has 0 saturated carbocycles. The van der Waals surface area contributed by atoms with E-state index in [4.69, 9.17) is 0 Å². The number of carbonyl (C=O) groups excluding carboxylic acids is 1. The number of piperidine rings is 1. The van der Waals surface area contributed by atoms with E-state index in [0.29, 0.717) is 19.2 Å². The number of hydrogen-bond donors (Lipinski definition) is 2. The molecule has 0 aliphatic carbocycles. The standard InChI is InChI=1S/C18H19F3N4O2/c1-2-24-8-11(17(26)10-5-12(19)14(20)15(21)16(10)24)18(27)25-4-3-13-9(7-25)6-22-23-13/h5,8-9,13,22-23H,2-4,6-7H2,1H3. The van der Waals surface area contributed by atoms with Gasteiger partial charge in [-0.2, -0.15) is 0 Å². The highest BCUT2D eigenvalue weighted by atomic mass is 19.2. The highest BCUT2D eigenvalue weighted by Crippen LogP contribution is 2.24. The minimum absolute atomic E-state index is 0.160. The third kappa shape index (κ3) is 2.81. The van der Waals surface area contributed by atoms with Gasteiger partial charge in [0.1, 0.15) is 5.56 Å². The summed E-state index contributed by atoms with van der Waals surface area (Å²) in [5.41, 5.74) is 4.94. The number of likely N-dealkylation sites (tertiary alicyclic amines) is 1. The molecular formula is C18H19F3N4O2. The van der Waals surface area contributed by atoms with E-state index in [9.17, 15) is 22.8 Å². The Kier molecular flexibility index (Phi) is 4.43. The molecule has 2 aliphatic heterocycles. The van der Waals surface area contributed by atoms with E-state index < -0.39 is 28.8 Å². The second-order valence-electron chi connectivity index (χ2n) is 6.97. The predicted molar refractivity (Wildman–Crippen MR) is 92.7 cm³/mol. The molecule has 0 radical (unpaired) electrons. The van der Waals surface area contributed by atoms with Crippen LogP contribution in [0.5, 0.6) is 0 Å². The first-order valence-corrected chi connectivity index (χ1v) is 8.90. The summed E-state index contributed by atoms with van der Waals surface area (Å²) in [5.74, 6) is -4.74. The van der Waals surface area contributed by atoms with Gasteiger partial charge in [-0.05, 0) is 19.4 Å². The van der Waals surface area contributed by atoms with E-state index in [0.717, 1.165) is 13.0 Å². The number of carbonyl (C=O) groups is 1. The maximum Gasteiger partial charge on any atom is 0.259 e. The van der Waals surface area contributed by atoms with Gasteiger partial charge in [-0.25, -0.2) is 13.2 Å². The molecule has 2 aliphatic rings. The lowest BCUT2D eigenvalue weighted by Crippen LogP contribution is -2.48. The first kappa shape index (κ1) is 18.0. The van der Waals surface area contributed by atoms with Crippen molar-refractivity contribution in [3.63, 3.8) is 0 Å². The van der Waals surface area contributed by atoms with Gasteiger partial charge in [0.2, 0.25) is 5.43 Å². The second kappa shape index (κ2) is 6.65. The van der Waals surface area contributed by atoms with Gasteiger partial charge in [0.15, 0.2) is 17.5 Å². The van der Waals surface area contributed by atoms with E-state index in [1.807, 2.05) is 0 Å². The fourth-order valence-corrected chi connectivity index (χ4v) is 3.97. The number of aromatic nitrogens is 1. The quantitative estimate of drug-likeness (QED) is 0.773. The summed E-state index contributed by atoms with van der Waals surface area (Å²) in [6.07, 6.45) is 1.98. The van der Waals surface area contributed by atoms with Crippen molar-refractivity contribution in [1.29, 1.82) is 0 Å². The van der Waals surface area contributed by atoms with Crippen molar-refractivity contribution in [2.75, 3.05) is 19.6 Å². The van der Waals surface area contributed by atoms with Crippen LogP contribution in [0.15, 0.2) is 17.1 Å². The van der Waals surface area contributed by atoms with Crippen LogP contribution in [0.25, 0.3) is 10.9 Å². The Balaban J connectivity index is 1.80.